The van der Waals surface area contributed by atoms with Crippen LogP contribution in [0.4, 0.5) is 13.2 Å². The first-order chi connectivity index (χ1) is 12.7. The number of benzene rings is 1. The fourth-order valence-corrected chi connectivity index (χ4v) is 3.34. The minimum atomic E-state index is -4.58. The Morgan fingerprint density at radius 1 is 1.26 bits per heavy atom. The van der Waals surface area contributed by atoms with E-state index in [4.69, 9.17) is 5.73 Å². The number of rotatable bonds is 3. The van der Waals surface area contributed by atoms with Crippen molar-refractivity contribution in [2.24, 2.45) is 11.7 Å². The normalized spacial score (nSPS) is 17.8. The van der Waals surface area contributed by atoms with Crippen molar-refractivity contribution >= 4 is 11.8 Å². The Balaban J connectivity index is 1.83. The minimum absolute atomic E-state index is 0.0340. The number of nitrogens with one attached hydrogen (secondary N) is 1. The summed E-state index contributed by atoms with van der Waals surface area (Å²) in [5.74, 6) is -1.07. The van der Waals surface area contributed by atoms with Crippen molar-refractivity contribution in [1.82, 2.24) is 15.1 Å². The first-order valence-corrected chi connectivity index (χ1v) is 8.49. The third-order valence-corrected chi connectivity index (χ3v) is 4.75. The number of amides is 2. The van der Waals surface area contributed by atoms with E-state index >= 15 is 0 Å². The van der Waals surface area contributed by atoms with Crippen LogP contribution in [0.5, 0.6) is 0 Å². The summed E-state index contributed by atoms with van der Waals surface area (Å²) in [6.07, 6.45) is -3.25. The Labute approximate surface area is 153 Å². The molecular formula is C18H19F3N4O2. The Morgan fingerprint density at radius 2 is 1.93 bits per heavy atom. The molecule has 2 amide bonds. The number of primary amides is 1. The van der Waals surface area contributed by atoms with Gasteiger partial charge in [0, 0.05) is 29.9 Å². The molecule has 2 aromatic rings. The van der Waals surface area contributed by atoms with E-state index in [0.717, 1.165) is 0 Å². The van der Waals surface area contributed by atoms with Crippen LogP contribution in [0.25, 0.3) is 11.1 Å². The number of nitrogens with zero attached hydrogens (tertiary/aromatic N) is 2. The highest BCUT2D eigenvalue weighted by Gasteiger charge is 2.38. The van der Waals surface area contributed by atoms with Crippen LogP contribution in [-0.4, -0.2) is 40.0 Å². The van der Waals surface area contributed by atoms with E-state index in [1.807, 2.05) is 0 Å². The largest absolute Gasteiger partial charge is 0.435 e. The smallest absolute Gasteiger partial charge is 0.369 e. The summed E-state index contributed by atoms with van der Waals surface area (Å²) in [5, 5.41) is 5.71. The molecule has 0 aliphatic carbocycles. The SMILES string of the molecule is Cc1[nH]nc(C(F)(F)F)c1-c1ccc(C(=O)N2CCCC(C(N)=O)C2)cc1. The quantitative estimate of drug-likeness (QED) is 0.858. The number of carbonyl (C=O) groups excluding carboxylic acids is 2. The number of aromatic nitrogens is 2. The lowest BCUT2D eigenvalue weighted by Crippen LogP contribution is -2.44. The molecule has 0 bridgehead atoms. The third kappa shape index (κ3) is 3.81. The molecule has 3 N–H and O–H groups in total. The van der Waals surface area contributed by atoms with Gasteiger partial charge in [0.25, 0.3) is 5.91 Å². The molecule has 1 aromatic heterocycles. The van der Waals surface area contributed by atoms with E-state index in [0.29, 0.717) is 36.2 Å². The molecule has 3 rings (SSSR count). The molecule has 0 saturated carbocycles. The fourth-order valence-electron chi connectivity index (χ4n) is 3.34. The number of carbonyl (C=O) groups is 2. The molecule has 1 aliphatic rings. The van der Waals surface area contributed by atoms with Gasteiger partial charge in [-0.25, -0.2) is 0 Å². The van der Waals surface area contributed by atoms with Crippen molar-refractivity contribution in [3.05, 3.63) is 41.2 Å². The summed E-state index contributed by atoms with van der Waals surface area (Å²) < 4.78 is 39.4. The first-order valence-electron chi connectivity index (χ1n) is 8.49. The molecular weight excluding hydrogens is 361 g/mol. The monoisotopic (exact) mass is 380 g/mol. The Bertz CT molecular complexity index is 858. The molecule has 1 aliphatic heterocycles. The van der Waals surface area contributed by atoms with E-state index in [9.17, 15) is 22.8 Å². The molecule has 1 unspecified atom stereocenters. The van der Waals surface area contributed by atoms with Gasteiger partial charge in [0.1, 0.15) is 0 Å². The van der Waals surface area contributed by atoms with Crippen molar-refractivity contribution in [2.75, 3.05) is 13.1 Å². The topological polar surface area (TPSA) is 92.1 Å². The summed E-state index contributed by atoms with van der Waals surface area (Å²) in [7, 11) is 0. The average Bonchev–Trinajstić information content (AvgIpc) is 3.03. The molecule has 27 heavy (non-hydrogen) atoms. The maximum absolute atomic E-state index is 13.1. The summed E-state index contributed by atoms with van der Waals surface area (Å²) in [6.45, 7) is 2.28. The second-order valence-corrected chi connectivity index (χ2v) is 6.64. The zero-order valence-electron chi connectivity index (χ0n) is 14.6. The fraction of sp³-hybridized carbons (Fsp3) is 0.389. The lowest BCUT2D eigenvalue weighted by atomic mass is 9.96. The predicted octanol–water partition coefficient (Wildman–Crippen LogP) is 2.74. The van der Waals surface area contributed by atoms with Gasteiger partial charge in [-0.15, -0.1) is 0 Å². The number of piperidine rings is 1. The Kier molecular flexibility index (Phi) is 4.95. The number of hydrogen-bond acceptors (Lipinski definition) is 3. The molecule has 144 valence electrons. The number of alkyl halides is 3. The van der Waals surface area contributed by atoms with Gasteiger partial charge in [0.2, 0.25) is 5.91 Å². The van der Waals surface area contributed by atoms with E-state index in [1.54, 1.807) is 4.90 Å². The summed E-state index contributed by atoms with van der Waals surface area (Å²) >= 11 is 0. The highest BCUT2D eigenvalue weighted by Crippen LogP contribution is 2.37. The summed E-state index contributed by atoms with van der Waals surface area (Å²) in [6, 6.07) is 5.90. The van der Waals surface area contributed by atoms with Crippen LogP contribution in [-0.2, 0) is 11.0 Å². The number of halogens is 3. The van der Waals surface area contributed by atoms with Crippen LogP contribution in [0.3, 0.4) is 0 Å². The van der Waals surface area contributed by atoms with Gasteiger partial charge in [-0.05, 0) is 37.5 Å². The van der Waals surface area contributed by atoms with Crippen LogP contribution in [0.1, 0.15) is 34.6 Å². The van der Waals surface area contributed by atoms with Crippen LogP contribution in [0, 0.1) is 12.8 Å². The highest BCUT2D eigenvalue weighted by molar-refractivity contribution is 5.95. The number of aryl methyl sites for hydroxylation is 1. The summed E-state index contributed by atoms with van der Waals surface area (Å²) in [4.78, 5) is 25.6. The van der Waals surface area contributed by atoms with Crippen LogP contribution in [0.15, 0.2) is 24.3 Å². The van der Waals surface area contributed by atoms with E-state index < -0.39 is 17.8 Å². The average molecular weight is 380 g/mol. The van der Waals surface area contributed by atoms with Gasteiger partial charge in [-0.3, -0.25) is 14.7 Å². The number of H-pyrrole nitrogens is 1. The maximum atomic E-state index is 13.1. The van der Waals surface area contributed by atoms with Gasteiger partial charge in [0.15, 0.2) is 5.69 Å². The molecule has 1 aromatic carbocycles. The standard InChI is InChI=1S/C18H19F3N4O2/c1-10-14(15(24-23-10)18(19,20)21)11-4-6-12(7-5-11)17(27)25-8-2-3-13(9-25)16(22)26/h4-7,13H,2-3,8-9H2,1H3,(H2,22,26)(H,23,24). The third-order valence-electron chi connectivity index (χ3n) is 4.75. The molecule has 1 saturated heterocycles. The molecule has 0 radical (unpaired) electrons. The van der Waals surface area contributed by atoms with Gasteiger partial charge in [-0.2, -0.15) is 18.3 Å². The van der Waals surface area contributed by atoms with E-state index in [1.165, 1.54) is 31.2 Å². The second kappa shape index (κ2) is 7.05. The Hall–Kier alpha value is -2.84. The molecule has 9 heteroatoms. The Morgan fingerprint density at radius 3 is 2.52 bits per heavy atom. The van der Waals surface area contributed by atoms with Gasteiger partial charge < -0.3 is 10.6 Å². The predicted molar refractivity (Wildman–Crippen MR) is 91.6 cm³/mol. The molecule has 6 nitrogen and oxygen atoms in total. The van der Waals surface area contributed by atoms with E-state index in [-0.39, 0.29) is 23.9 Å². The van der Waals surface area contributed by atoms with E-state index in [2.05, 4.69) is 10.2 Å². The van der Waals surface area contributed by atoms with Crippen LogP contribution >= 0.6 is 0 Å². The highest BCUT2D eigenvalue weighted by atomic mass is 19.4. The van der Waals surface area contributed by atoms with Crippen molar-refractivity contribution in [3.8, 4) is 11.1 Å². The molecule has 1 fully saturated rings. The van der Waals surface area contributed by atoms with Crippen LogP contribution < -0.4 is 5.73 Å². The lowest BCUT2D eigenvalue weighted by Gasteiger charge is -2.31. The lowest BCUT2D eigenvalue weighted by molar-refractivity contribution is -0.140. The van der Waals surface area contributed by atoms with Crippen molar-refractivity contribution in [3.63, 3.8) is 0 Å². The number of hydrogen-bond donors (Lipinski definition) is 2. The first kappa shape index (κ1) is 18.9. The minimum Gasteiger partial charge on any atom is -0.369 e. The molecule has 0 spiro atoms. The van der Waals surface area contributed by atoms with Crippen molar-refractivity contribution in [1.29, 1.82) is 0 Å². The number of aromatic amines is 1. The molecule has 1 atom stereocenters. The summed E-state index contributed by atoms with van der Waals surface area (Å²) in [5.41, 5.74) is 5.26. The van der Waals surface area contributed by atoms with Gasteiger partial charge in [-0.1, -0.05) is 12.1 Å². The zero-order valence-corrected chi connectivity index (χ0v) is 14.6. The van der Waals surface area contributed by atoms with Crippen molar-refractivity contribution in [2.45, 2.75) is 25.9 Å². The molecule has 2 heterocycles. The second-order valence-electron chi connectivity index (χ2n) is 6.64. The van der Waals surface area contributed by atoms with Crippen LogP contribution in [0.2, 0.25) is 0 Å². The van der Waals surface area contributed by atoms with Gasteiger partial charge in [0.05, 0.1) is 5.92 Å². The zero-order chi connectivity index (χ0) is 19.8. The van der Waals surface area contributed by atoms with Crippen molar-refractivity contribution < 1.29 is 22.8 Å². The van der Waals surface area contributed by atoms with Gasteiger partial charge >= 0.3 is 6.18 Å². The number of likely N-dealkylation sites (tertiary alicyclic amines) is 1. The maximum Gasteiger partial charge on any atom is 0.435 e. The number of nitrogens with two attached hydrogens (primary N) is 1.